The summed E-state index contributed by atoms with van der Waals surface area (Å²) in [4.78, 5) is 37.7. The van der Waals surface area contributed by atoms with Gasteiger partial charge in [0.05, 0.1) is 4.91 Å². The zero-order valence-electron chi connectivity index (χ0n) is 13.9. The quantitative estimate of drug-likeness (QED) is 0.808. The highest BCUT2D eigenvalue weighted by Gasteiger charge is 2.36. The summed E-state index contributed by atoms with van der Waals surface area (Å²) in [7, 11) is 0. The fourth-order valence-electron chi connectivity index (χ4n) is 2.38. The van der Waals surface area contributed by atoms with Crippen molar-refractivity contribution in [3.05, 3.63) is 64.6 Å². The number of benzene rings is 2. The number of carbonyl (C=O) groups excluding carboxylic acids is 3. The number of nitrogens with one attached hydrogen (secondary N) is 1. The van der Waals surface area contributed by atoms with E-state index in [0.717, 1.165) is 22.2 Å². The number of aromatic hydroxyl groups is 1. The Labute approximate surface area is 154 Å². The fraction of sp³-hybridized carbons (Fsp3) is 0.105. The Hall–Kier alpha value is -3.06. The zero-order chi connectivity index (χ0) is 18.7. The molecule has 1 heterocycles. The topological polar surface area (TPSA) is 86.7 Å². The molecule has 0 saturated carbocycles. The van der Waals surface area contributed by atoms with E-state index in [-0.39, 0.29) is 17.2 Å². The van der Waals surface area contributed by atoms with E-state index in [4.69, 9.17) is 0 Å². The van der Waals surface area contributed by atoms with Crippen LogP contribution >= 0.6 is 11.8 Å². The van der Waals surface area contributed by atoms with Crippen LogP contribution < -0.4 is 5.32 Å². The molecule has 0 bridgehead atoms. The number of phenolic OH excluding ortho intramolecular Hbond substituents is 1. The number of anilines is 1. The summed E-state index contributed by atoms with van der Waals surface area (Å²) >= 11 is 0.770. The molecule has 7 heteroatoms. The lowest BCUT2D eigenvalue weighted by Gasteiger charge is -2.12. The van der Waals surface area contributed by atoms with E-state index in [2.05, 4.69) is 5.32 Å². The molecule has 26 heavy (non-hydrogen) atoms. The van der Waals surface area contributed by atoms with Gasteiger partial charge in [-0.2, -0.15) is 0 Å². The largest absolute Gasteiger partial charge is 0.508 e. The van der Waals surface area contributed by atoms with Crippen molar-refractivity contribution >= 4 is 40.6 Å². The molecular formula is C19H16N2O4S. The summed E-state index contributed by atoms with van der Waals surface area (Å²) in [5.41, 5.74) is 2.26. The summed E-state index contributed by atoms with van der Waals surface area (Å²) in [6, 6.07) is 13.6. The van der Waals surface area contributed by atoms with Crippen molar-refractivity contribution in [2.45, 2.75) is 6.92 Å². The molecule has 2 aromatic rings. The minimum Gasteiger partial charge on any atom is -0.508 e. The highest BCUT2D eigenvalue weighted by Crippen LogP contribution is 2.32. The third kappa shape index (κ3) is 4.12. The van der Waals surface area contributed by atoms with Crippen LogP contribution in [0.5, 0.6) is 5.75 Å². The van der Waals surface area contributed by atoms with Gasteiger partial charge < -0.3 is 10.4 Å². The Balaban J connectivity index is 1.69. The van der Waals surface area contributed by atoms with Crippen molar-refractivity contribution in [1.29, 1.82) is 0 Å². The number of thioether (sulfide) groups is 1. The van der Waals surface area contributed by atoms with Crippen LogP contribution in [-0.4, -0.2) is 33.6 Å². The molecule has 0 aromatic heterocycles. The van der Waals surface area contributed by atoms with Gasteiger partial charge in [-0.05, 0) is 54.6 Å². The minimum atomic E-state index is -0.526. The van der Waals surface area contributed by atoms with Gasteiger partial charge in [-0.25, -0.2) is 0 Å². The second-order valence-electron chi connectivity index (χ2n) is 5.78. The number of carbonyl (C=O) groups is 3. The Morgan fingerprint density at radius 3 is 2.62 bits per heavy atom. The van der Waals surface area contributed by atoms with Crippen LogP contribution in [0.4, 0.5) is 10.5 Å². The molecule has 0 unspecified atom stereocenters. The first-order valence-corrected chi connectivity index (χ1v) is 8.65. The smallest absolute Gasteiger partial charge is 0.294 e. The molecule has 2 aromatic carbocycles. The van der Waals surface area contributed by atoms with E-state index in [0.29, 0.717) is 11.3 Å². The standard InChI is InChI=1S/C19H16N2O4S/c1-12-5-7-14(8-6-12)20-17(23)11-21-18(24)16(26-19(21)25)10-13-3-2-4-15(22)9-13/h2-10,22H,11H2,1H3,(H,20,23). The summed E-state index contributed by atoms with van der Waals surface area (Å²) in [6.07, 6.45) is 1.52. The third-order valence-electron chi connectivity index (χ3n) is 3.68. The number of hydrogen-bond acceptors (Lipinski definition) is 5. The van der Waals surface area contributed by atoms with Crippen molar-refractivity contribution in [2.75, 3.05) is 11.9 Å². The molecular weight excluding hydrogens is 352 g/mol. The van der Waals surface area contributed by atoms with Crippen molar-refractivity contribution < 1.29 is 19.5 Å². The number of nitrogens with zero attached hydrogens (tertiary/aromatic N) is 1. The molecule has 3 amide bonds. The molecule has 1 fully saturated rings. The van der Waals surface area contributed by atoms with Crippen molar-refractivity contribution in [3.63, 3.8) is 0 Å². The molecule has 0 atom stereocenters. The van der Waals surface area contributed by atoms with E-state index in [1.165, 1.54) is 18.2 Å². The number of rotatable bonds is 4. The average Bonchev–Trinajstić information content (AvgIpc) is 2.84. The summed E-state index contributed by atoms with van der Waals surface area (Å²) in [5.74, 6) is -0.910. The van der Waals surface area contributed by atoms with Gasteiger partial charge >= 0.3 is 0 Å². The maximum absolute atomic E-state index is 12.4. The monoisotopic (exact) mass is 368 g/mol. The number of aryl methyl sites for hydroxylation is 1. The van der Waals surface area contributed by atoms with Gasteiger partial charge in [0.15, 0.2) is 0 Å². The van der Waals surface area contributed by atoms with Gasteiger partial charge in [0, 0.05) is 5.69 Å². The van der Waals surface area contributed by atoms with Crippen molar-refractivity contribution in [3.8, 4) is 5.75 Å². The van der Waals surface area contributed by atoms with Crippen LogP contribution in [0.3, 0.4) is 0 Å². The summed E-state index contributed by atoms with van der Waals surface area (Å²) in [6.45, 7) is 1.58. The van der Waals surface area contributed by atoms with E-state index < -0.39 is 17.1 Å². The zero-order valence-corrected chi connectivity index (χ0v) is 14.7. The molecule has 6 nitrogen and oxygen atoms in total. The Bertz CT molecular complexity index is 906. The van der Waals surface area contributed by atoms with Gasteiger partial charge in [-0.15, -0.1) is 0 Å². The van der Waals surface area contributed by atoms with Crippen LogP contribution in [0.25, 0.3) is 6.08 Å². The Kier molecular flexibility index (Phi) is 5.09. The van der Waals surface area contributed by atoms with E-state index in [9.17, 15) is 19.5 Å². The molecule has 2 N–H and O–H groups in total. The SMILES string of the molecule is Cc1ccc(NC(=O)CN2C(=O)SC(=Cc3cccc(O)c3)C2=O)cc1. The van der Waals surface area contributed by atoms with Gasteiger partial charge in [-0.1, -0.05) is 29.8 Å². The van der Waals surface area contributed by atoms with Gasteiger partial charge in [0.2, 0.25) is 5.91 Å². The average molecular weight is 368 g/mol. The normalized spacial score (nSPS) is 15.6. The molecule has 3 rings (SSSR count). The first-order valence-electron chi connectivity index (χ1n) is 7.83. The van der Waals surface area contributed by atoms with Crippen LogP contribution in [0.2, 0.25) is 0 Å². The number of phenols is 1. The first kappa shape index (κ1) is 17.8. The van der Waals surface area contributed by atoms with Crippen LogP contribution in [0.15, 0.2) is 53.4 Å². The lowest BCUT2D eigenvalue weighted by atomic mass is 10.2. The van der Waals surface area contributed by atoms with Gasteiger partial charge in [0.1, 0.15) is 12.3 Å². The highest BCUT2D eigenvalue weighted by molar-refractivity contribution is 8.18. The third-order valence-corrected chi connectivity index (χ3v) is 4.59. The van der Waals surface area contributed by atoms with E-state index in [1.807, 2.05) is 19.1 Å². The first-order chi connectivity index (χ1) is 12.4. The van der Waals surface area contributed by atoms with Crippen LogP contribution in [-0.2, 0) is 9.59 Å². The molecule has 132 valence electrons. The van der Waals surface area contributed by atoms with Crippen LogP contribution in [0, 0.1) is 6.92 Å². The number of amides is 3. The van der Waals surface area contributed by atoms with Crippen LogP contribution in [0.1, 0.15) is 11.1 Å². The maximum Gasteiger partial charge on any atom is 0.294 e. The second-order valence-corrected chi connectivity index (χ2v) is 6.77. The fourth-order valence-corrected chi connectivity index (χ4v) is 3.22. The van der Waals surface area contributed by atoms with Crippen molar-refractivity contribution in [1.82, 2.24) is 4.90 Å². The molecule has 0 radical (unpaired) electrons. The predicted molar refractivity (Wildman–Crippen MR) is 101 cm³/mol. The van der Waals surface area contributed by atoms with Crippen molar-refractivity contribution in [2.24, 2.45) is 0 Å². The predicted octanol–water partition coefficient (Wildman–Crippen LogP) is 3.38. The Morgan fingerprint density at radius 1 is 1.19 bits per heavy atom. The molecule has 0 spiro atoms. The summed E-state index contributed by atoms with van der Waals surface area (Å²) in [5, 5.41) is 11.6. The molecule has 1 aliphatic heterocycles. The molecule has 1 aliphatic rings. The van der Waals surface area contributed by atoms with E-state index in [1.54, 1.807) is 24.3 Å². The molecule has 1 saturated heterocycles. The maximum atomic E-state index is 12.4. The summed E-state index contributed by atoms with van der Waals surface area (Å²) < 4.78 is 0. The van der Waals surface area contributed by atoms with Gasteiger partial charge in [0.25, 0.3) is 11.1 Å². The number of imide groups is 1. The van der Waals surface area contributed by atoms with Gasteiger partial charge in [-0.3, -0.25) is 19.3 Å². The minimum absolute atomic E-state index is 0.0652. The second kappa shape index (κ2) is 7.45. The Morgan fingerprint density at radius 2 is 1.92 bits per heavy atom. The van der Waals surface area contributed by atoms with E-state index >= 15 is 0 Å². The lowest BCUT2D eigenvalue weighted by molar-refractivity contribution is -0.127. The molecule has 0 aliphatic carbocycles. The lowest BCUT2D eigenvalue weighted by Crippen LogP contribution is -2.36. The highest BCUT2D eigenvalue weighted by atomic mass is 32.2. The number of hydrogen-bond donors (Lipinski definition) is 2.